The molecule has 2 rings (SSSR count). The van der Waals surface area contributed by atoms with Gasteiger partial charge < -0.3 is 4.74 Å². The van der Waals surface area contributed by atoms with E-state index in [0.717, 1.165) is 4.47 Å². The van der Waals surface area contributed by atoms with E-state index in [1.54, 1.807) is 18.2 Å². The number of nitrogens with zero attached hydrogens (tertiary/aromatic N) is 4. The van der Waals surface area contributed by atoms with E-state index in [9.17, 15) is 21.0 Å². The maximum Gasteiger partial charge on any atom is 0.185 e. The van der Waals surface area contributed by atoms with Crippen molar-refractivity contribution in [1.82, 2.24) is 0 Å². The van der Waals surface area contributed by atoms with Gasteiger partial charge >= 0.3 is 0 Å². The Morgan fingerprint density at radius 2 is 1.55 bits per heavy atom. The van der Waals surface area contributed by atoms with Crippen molar-refractivity contribution in [3.05, 3.63) is 28.2 Å². The number of halogens is 1. The summed E-state index contributed by atoms with van der Waals surface area (Å²) in [5.41, 5.74) is -2.82. The molecule has 0 N–H and O–H groups in total. The van der Waals surface area contributed by atoms with Gasteiger partial charge in [-0.1, -0.05) is 15.9 Å². The SMILES string of the molecule is COc1ccc(Br)cc1C1C(C#N)(C#N)C1(C#N)C#N. The molecule has 1 saturated carbocycles. The molecular weight excluding hydrogens is 320 g/mol. The minimum atomic E-state index is -1.66. The second kappa shape index (κ2) is 4.53. The number of rotatable bonds is 2. The lowest BCUT2D eigenvalue weighted by molar-refractivity contribution is 0.408. The number of ether oxygens (including phenoxy) is 1. The van der Waals surface area contributed by atoms with Gasteiger partial charge in [-0.15, -0.1) is 0 Å². The Bertz CT molecular complexity index is 678. The quantitative estimate of drug-likeness (QED) is 0.830. The molecule has 0 heterocycles. The Balaban J connectivity index is 2.70. The normalized spacial score (nSPS) is 17.9. The summed E-state index contributed by atoms with van der Waals surface area (Å²) in [6.45, 7) is 0. The smallest absolute Gasteiger partial charge is 0.185 e. The van der Waals surface area contributed by atoms with E-state index in [1.807, 2.05) is 24.3 Å². The summed E-state index contributed by atoms with van der Waals surface area (Å²) in [5, 5.41) is 37.2. The Kier molecular flexibility index (Phi) is 3.15. The zero-order valence-corrected chi connectivity index (χ0v) is 12.0. The van der Waals surface area contributed by atoms with E-state index in [0.29, 0.717) is 11.3 Å². The first-order valence-electron chi connectivity index (χ1n) is 5.55. The third kappa shape index (κ3) is 1.44. The van der Waals surface area contributed by atoms with E-state index in [4.69, 9.17) is 4.74 Å². The fourth-order valence-electron chi connectivity index (χ4n) is 2.53. The van der Waals surface area contributed by atoms with E-state index in [-0.39, 0.29) is 0 Å². The van der Waals surface area contributed by atoms with E-state index in [1.165, 1.54) is 7.11 Å². The Labute approximate surface area is 124 Å². The Morgan fingerprint density at radius 3 is 1.95 bits per heavy atom. The molecule has 0 saturated heterocycles. The highest BCUT2D eigenvalue weighted by Gasteiger charge is 2.82. The van der Waals surface area contributed by atoms with Gasteiger partial charge in [0.2, 0.25) is 0 Å². The lowest BCUT2D eigenvalue weighted by atomic mass is 9.98. The molecule has 0 atom stereocenters. The van der Waals surface area contributed by atoms with Gasteiger partial charge in [-0.3, -0.25) is 0 Å². The van der Waals surface area contributed by atoms with Crippen molar-refractivity contribution in [1.29, 1.82) is 21.0 Å². The van der Waals surface area contributed by atoms with Crippen molar-refractivity contribution in [2.75, 3.05) is 7.11 Å². The largest absolute Gasteiger partial charge is 0.496 e. The van der Waals surface area contributed by atoms with Crippen molar-refractivity contribution < 1.29 is 4.74 Å². The van der Waals surface area contributed by atoms with Crippen LogP contribution in [0.25, 0.3) is 0 Å². The molecule has 1 aliphatic rings. The summed E-state index contributed by atoms with van der Waals surface area (Å²) in [4.78, 5) is 0. The van der Waals surface area contributed by atoms with Crippen LogP contribution in [0.1, 0.15) is 11.5 Å². The van der Waals surface area contributed by atoms with Gasteiger partial charge in [-0.2, -0.15) is 21.0 Å². The fourth-order valence-corrected chi connectivity index (χ4v) is 2.91. The summed E-state index contributed by atoms with van der Waals surface area (Å²) in [5.74, 6) is -0.368. The van der Waals surface area contributed by atoms with Gasteiger partial charge in [-0.05, 0) is 18.2 Å². The number of methoxy groups -OCH3 is 1. The van der Waals surface area contributed by atoms with Crippen LogP contribution in [0.4, 0.5) is 0 Å². The van der Waals surface area contributed by atoms with Crippen LogP contribution in [0, 0.1) is 56.2 Å². The number of hydrogen-bond donors (Lipinski definition) is 0. The molecule has 0 spiro atoms. The third-order valence-electron chi connectivity index (χ3n) is 3.61. The van der Waals surface area contributed by atoms with Crippen LogP contribution in [0.5, 0.6) is 5.75 Å². The van der Waals surface area contributed by atoms with E-state index in [2.05, 4.69) is 15.9 Å². The maximum absolute atomic E-state index is 9.29. The molecular formula is C14H7BrN4O. The molecule has 0 unspecified atom stereocenters. The first kappa shape index (κ1) is 13.9. The summed E-state index contributed by atoms with van der Waals surface area (Å²) in [6.07, 6.45) is 0. The second-order valence-electron chi connectivity index (χ2n) is 4.38. The van der Waals surface area contributed by atoms with Gasteiger partial charge in [0, 0.05) is 10.0 Å². The molecule has 1 aromatic rings. The average molecular weight is 327 g/mol. The van der Waals surface area contributed by atoms with Crippen LogP contribution in [-0.4, -0.2) is 7.11 Å². The second-order valence-corrected chi connectivity index (χ2v) is 5.30. The minimum Gasteiger partial charge on any atom is -0.496 e. The lowest BCUT2D eigenvalue weighted by Crippen LogP contribution is -2.05. The minimum absolute atomic E-state index is 0.445. The van der Waals surface area contributed by atoms with Crippen LogP contribution in [0.2, 0.25) is 0 Å². The highest BCUT2D eigenvalue weighted by molar-refractivity contribution is 9.10. The summed E-state index contributed by atoms with van der Waals surface area (Å²) in [7, 11) is 1.45. The summed E-state index contributed by atoms with van der Waals surface area (Å²) < 4.78 is 5.93. The zero-order valence-electron chi connectivity index (χ0n) is 10.4. The highest BCUT2D eigenvalue weighted by Crippen LogP contribution is 2.74. The fraction of sp³-hybridized carbons (Fsp3) is 0.286. The molecule has 96 valence electrons. The van der Waals surface area contributed by atoms with Gasteiger partial charge in [-0.25, -0.2) is 0 Å². The molecule has 1 fully saturated rings. The topological polar surface area (TPSA) is 104 Å². The molecule has 0 amide bonds. The molecule has 0 aromatic heterocycles. The zero-order chi connectivity index (χ0) is 15.0. The van der Waals surface area contributed by atoms with Crippen LogP contribution < -0.4 is 4.74 Å². The predicted octanol–water partition coefficient (Wildman–Crippen LogP) is 2.62. The van der Waals surface area contributed by atoms with Crippen LogP contribution in [0.3, 0.4) is 0 Å². The molecule has 1 aliphatic carbocycles. The highest BCUT2D eigenvalue weighted by atomic mass is 79.9. The predicted molar refractivity (Wildman–Crippen MR) is 70.8 cm³/mol. The molecule has 1 aromatic carbocycles. The first-order valence-corrected chi connectivity index (χ1v) is 6.34. The molecule has 5 nitrogen and oxygen atoms in total. The van der Waals surface area contributed by atoms with Crippen LogP contribution in [-0.2, 0) is 0 Å². The molecule has 0 bridgehead atoms. The van der Waals surface area contributed by atoms with Crippen molar-refractivity contribution >= 4 is 15.9 Å². The van der Waals surface area contributed by atoms with Crippen molar-refractivity contribution in [2.45, 2.75) is 5.92 Å². The monoisotopic (exact) mass is 326 g/mol. The van der Waals surface area contributed by atoms with Gasteiger partial charge in [0.1, 0.15) is 5.75 Å². The molecule has 0 radical (unpaired) electrons. The Morgan fingerprint density at radius 1 is 1.05 bits per heavy atom. The number of benzene rings is 1. The van der Waals surface area contributed by atoms with Gasteiger partial charge in [0.05, 0.1) is 37.3 Å². The van der Waals surface area contributed by atoms with Crippen molar-refractivity contribution in [2.24, 2.45) is 10.8 Å². The van der Waals surface area contributed by atoms with Gasteiger partial charge in [0.25, 0.3) is 0 Å². The summed E-state index contributed by atoms with van der Waals surface area (Å²) >= 11 is 3.30. The standard InChI is InChI=1S/C14H7BrN4O/c1-20-11-3-2-9(15)4-10(11)12-13(5-16,6-17)14(12,7-18)8-19/h2-4,12H,1H3. The van der Waals surface area contributed by atoms with Crippen molar-refractivity contribution in [3.63, 3.8) is 0 Å². The maximum atomic E-state index is 9.29. The summed E-state index contributed by atoms with van der Waals surface area (Å²) in [6, 6.07) is 12.4. The van der Waals surface area contributed by atoms with Crippen LogP contribution in [0.15, 0.2) is 22.7 Å². The van der Waals surface area contributed by atoms with Gasteiger partial charge in [0.15, 0.2) is 10.8 Å². The molecule has 6 heteroatoms. The average Bonchev–Trinajstić information content (AvgIpc) is 3.09. The van der Waals surface area contributed by atoms with Crippen molar-refractivity contribution in [3.8, 4) is 30.0 Å². The number of hydrogen-bond acceptors (Lipinski definition) is 5. The van der Waals surface area contributed by atoms with E-state index >= 15 is 0 Å². The number of nitriles is 4. The molecule has 20 heavy (non-hydrogen) atoms. The third-order valence-corrected chi connectivity index (χ3v) is 4.11. The first-order chi connectivity index (χ1) is 9.56. The Hall–Kier alpha value is -2.54. The van der Waals surface area contributed by atoms with E-state index < -0.39 is 16.7 Å². The molecule has 0 aliphatic heterocycles. The van der Waals surface area contributed by atoms with Crippen LogP contribution >= 0.6 is 15.9 Å². The lowest BCUT2D eigenvalue weighted by Gasteiger charge is -2.08.